The molecular weight excluding hydrogens is 256 g/mol. The highest BCUT2D eigenvalue weighted by molar-refractivity contribution is 5.86. The molecular formula is C15H24N2O3. The number of ether oxygens (including phenoxy) is 2. The maximum Gasteiger partial charge on any atom is 0.411 e. The van der Waals surface area contributed by atoms with E-state index in [0.717, 1.165) is 12.8 Å². The van der Waals surface area contributed by atoms with Crippen LogP contribution in [0.5, 0.6) is 5.75 Å². The number of rotatable bonds is 8. The van der Waals surface area contributed by atoms with E-state index >= 15 is 0 Å². The lowest BCUT2D eigenvalue weighted by molar-refractivity contribution is 0.151. The van der Waals surface area contributed by atoms with E-state index in [1.54, 1.807) is 6.07 Å². The topological polar surface area (TPSA) is 50.8 Å². The summed E-state index contributed by atoms with van der Waals surface area (Å²) in [5, 5.41) is 2.71. The van der Waals surface area contributed by atoms with E-state index in [0.29, 0.717) is 31.2 Å². The number of amides is 1. The summed E-state index contributed by atoms with van der Waals surface area (Å²) in [7, 11) is 3.86. The fourth-order valence-corrected chi connectivity index (χ4v) is 1.49. The summed E-state index contributed by atoms with van der Waals surface area (Å²) in [5.41, 5.74) is 0.637. The summed E-state index contributed by atoms with van der Waals surface area (Å²) < 4.78 is 10.7. The maximum atomic E-state index is 11.7. The van der Waals surface area contributed by atoms with Gasteiger partial charge in [0.05, 0.1) is 12.3 Å². The summed E-state index contributed by atoms with van der Waals surface area (Å²) in [6, 6.07) is 7.37. The molecule has 0 heterocycles. The molecule has 0 saturated heterocycles. The highest BCUT2D eigenvalue weighted by Crippen LogP contribution is 2.24. The first kappa shape index (κ1) is 16.3. The molecule has 1 rings (SSSR count). The molecule has 0 unspecified atom stereocenters. The number of nitrogens with one attached hydrogen (secondary N) is 1. The summed E-state index contributed by atoms with van der Waals surface area (Å²) in [4.78, 5) is 13.6. The van der Waals surface area contributed by atoms with Gasteiger partial charge in [-0.05, 0) is 32.6 Å². The quantitative estimate of drug-likeness (QED) is 0.744. The third-order valence-electron chi connectivity index (χ3n) is 2.65. The molecule has 0 aliphatic carbocycles. The lowest BCUT2D eigenvalue weighted by Gasteiger charge is -2.13. The summed E-state index contributed by atoms with van der Waals surface area (Å²) in [5.74, 6) is 0.672. The van der Waals surface area contributed by atoms with Crippen molar-refractivity contribution in [1.29, 1.82) is 0 Å². The fraction of sp³-hybridized carbons (Fsp3) is 0.533. The van der Waals surface area contributed by atoms with Gasteiger partial charge in [0, 0.05) is 6.54 Å². The van der Waals surface area contributed by atoms with Gasteiger partial charge in [-0.15, -0.1) is 0 Å². The number of unbranched alkanes of at least 4 members (excludes halogenated alkanes) is 1. The molecule has 5 heteroatoms. The zero-order valence-electron chi connectivity index (χ0n) is 12.5. The average Bonchev–Trinajstić information content (AvgIpc) is 2.40. The Kier molecular flexibility index (Phi) is 7.50. The van der Waals surface area contributed by atoms with Crippen LogP contribution in [0.25, 0.3) is 0 Å². The highest BCUT2D eigenvalue weighted by atomic mass is 16.5. The Labute approximate surface area is 120 Å². The molecule has 0 fully saturated rings. The molecule has 20 heavy (non-hydrogen) atoms. The van der Waals surface area contributed by atoms with Crippen LogP contribution in [-0.4, -0.2) is 44.8 Å². The molecule has 5 nitrogen and oxygen atoms in total. The number of hydrogen-bond acceptors (Lipinski definition) is 4. The van der Waals surface area contributed by atoms with E-state index in [1.165, 1.54) is 0 Å². The van der Waals surface area contributed by atoms with Crippen molar-refractivity contribution in [1.82, 2.24) is 4.90 Å². The minimum atomic E-state index is -0.460. The molecule has 0 bridgehead atoms. The van der Waals surface area contributed by atoms with Crippen LogP contribution < -0.4 is 10.1 Å². The molecule has 1 amide bonds. The van der Waals surface area contributed by atoms with Crippen LogP contribution >= 0.6 is 0 Å². The van der Waals surface area contributed by atoms with E-state index in [9.17, 15) is 4.79 Å². The van der Waals surface area contributed by atoms with Crippen molar-refractivity contribution < 1.29 is 14.3 Å². The molecule has 0 atom stereocenters. The summed E-state index contributed by atoms with van der Waals surface area (Å²) in [6.07, 6.45) is 1.60. The largest absolute Gasteiger partial charge is 0.491 e. The van der Waals surface area contributed by atoms with Gasteiger partial charge < -0.3 is 14.4 Å². The Balaban J connectivity index is 2.47. The van der Waals surface area contributed by atoms with Crippen LogP contribution in [0.2, 0.25) is 0 Å². The van der Waals surface area contributed by atoms with Crippen LogP contribution in [0.15, 0.2) is 24.3 Å². The van der Waals surface area contributed by atoms with Gasteiger partial charge in [0.25, 0.3) is 0 Å². The third kappa shape index (κ3) is 6.43. The van der Waals surface area contributed by atoms with Crippen LogP contribution in [-0.2, 0) is 4.74 Å². The molecule has 0 saturated carbocycles. The summed E-state index contributed by atoms with van der Waals surface area (Å²) in [6.45, 7) is 3.81. The van der Waals surface area contributed by atoms with Crippen LogP contribution in [0, 0.1) is 0 Å². The van der Waals surface area contributed by atoms with Crippen LogP contribution in [0.3, 0.4) is 0 Å². The Bertz CT molecular complexity index is 408. The second-order valence-corrected chi connectivity index (χ2v) is 4.76. The predicted octanol–water partition coefficient (Wildman–Crippen LogP) is 2.98. The number of nitrogens with zero attached hydrogens (tertiary/aromatic N) is 1. The zero-order chi connectivity index (χ0) is 14.8. The lowest BCUT2D eigenvalue weighted by Crippen LogP contribution is -2.22. The minimum absolute atomic E-state index is 0.359. The fourth-order valence-electron chi connectivity index (χ4n) is 1.49. The molecule has 112 valence electrons. The van der Waals surface area contributed by atoms with E-state index < -0.39 is 6.09 Å². The number of likely N-dealkylation sites (N-methyl/N-ethyl adjacent to an activating group) is 1. The summed E-state index contributed by atoms with van der Waals surface area (Å²) >= 11 is 0. The van der Waals surface area contributed by atoms with Crippen molar-refractivity contribution in [3.63, 3.8) is 0 Å². The van der Waals surface area contributed by atoms with E-state index in [-0.39, 0.29) is 0 Å². The van der Waals surface area contributed by atoms with Gasteiger partial charge in [0.1, 0.15) is 12.4 Å². The van der Waals surface area contributed by atoms with E-state index in [2.05, 4.69) is 12.2 Å². The van der Waals surface area contributed by atoms with E-state index in [4.69, 9.17) is 9.47 Å². The number of anilines is 1. The molecule has 1 aromatic carbocycles. The van der Waals surface area contributed by atoms with Crippen molar-refractivity contribution >= 4 is 11.8 Å². The van der Waals surface area contributed by atoms with Gasteiger partial charge in [-0.1, -0.05) is 25.5 Å². The van der Waals surface area contributed by atoms with Crippen molar-refractivity contribution in [2.45, 2.75) is 19.8 Å². The monoisotopic (exact) mass is 280 g/mol. The molecule has 0 aromatic heterocycles. The Hall–Kier alpha value is -1.75. The second kappa shape index (κ2) is 9.20. The zero-order valence-corrected chi connectivity index (χ0v) is 12.5. The molecule has 0 spiro atoms. The maximum absolute atomic E-state index is 11.7. The van der Waals surface area contributed by atoms with Gasteiger partial charge in [-0.2, -0.15) is 0 Å². The first-order valence-corrected chi connectivity index (χ1v) is 6.93. The Morgan fingerprint density at radius 1 is 1.25 bits per heavy atom. The van der Waals surface area contributed by atoms with Gasteiger partial charge in [-0.25, -0.2) is 4.79 Å². The van der Waals surface area contributed by atoms with Crippen molar-refractivity contribution in [3.8, 4) is 5.75 Å². The minimum Gasteiger partial charge on any atom is -0.491 e. The number of benzene rings is 1. The van der Waals surface area contributed by atoms with E-state index in [1.807, 2.05) is 37.2 Å². The highest BCUT2D eigenvalue weighted by Gasteiger charge is 2.08. The molecule has 0 aliphatic heterocycles. The smallest absolute Gasteiger partial charge is 0.411 e. The molecule has 0 radical (unpaired) electrons. The van der Waals surface area contributed by atoms with Crippen molar-refractivity contribution in [2.75, 3.05) is 39.2 Å². The van der Waals surface area contributed by atoms with Gasteiger partial charge in [-0.3, -0.25) is 5.32 Å². The van der Waals surface area contributed by atoms with Crippen LogP contribution in [0.1, 0.15) is 19.8 Å². The third-order valence-corrected chi connectivity index (χ3v) is 2.65. The molecule has 1 N–H and O–H groups in total. The average molecular weight is 280 g/mol. The van der Waals surface area contributed by atoms with Crippen molar-refractivity contribution in [2.24, 2.45) is 0 Å². The first-order chi connectivity index (χ1) is 9.63. The Morgan fingerprint density at radius 3 is 2.70 bits per heavy atom. The van der Waals surface area contributed by atoms with Gasteiger partial charge >= 0.3 is 6.09 Å². The van der Waals surface area contributed by atoms with Crippen LogP contribution in [0.4, 0.5) is 10.5 Å². The number of para-hydroxylation sites is 2. The second-order valence-electron chi connectivity index (χ2n) is 4.76. The standard InChI is InChI=1S/C15H24N2O3/c1-4-5-11-19-14-9-7-6-8-13(14)16-15(18)20-12-10-17(2)3/h6-9H,4-5,10-12H2,1-3H3,(H,16,18). The number of hydrogen-bond donors (Lipinski definition) is 1. The predicted molar refractivity (Wildman–Crippen MR) is 80.4 cm³/mol. The number of carbonyl (C=O) groups is 1. The normalized spacial score (nSPS) is 10.4. The Morgan fingerprint density at radius 2 is 2.00 bits per heavy atom. The molecule has 0 aliphatic rings. The SMILES string of the molecule is CCCCOc1ccccc1NC(=O)OCCN(C)C. The lowest BCUT2D eigenvalue weighted by atomic mass is 10.3. The van der Waals surface area contributed by atoms with Gasteiger partial charge in [0.15, 0.2) is 0 Å². The first-order valence-electron chi connectivity index (χ1n) is 6.93. The van der Waals surface area contributed by atoms with Crippen molar-refractivity contribution in [3.05, 3.63) is 24.3 Å². The number of carbonyl (C=O) groups excluding carboxylic acids is 1. The van der Waals surface area contributed by atoms with Gasteiger partial charge in [0.2, 0.25) is 0 Å². The molecule has 1 aromatic rings.